The topological polar surface area (TPSA) is 38.9 Å². The van der Waals surface area contributed by atoms with E-state index in [9.17, 15) is 0 Å². The van der Waals surface area contributed by atoms with E-state index < -0.39 is 0 Å². The molecule has 0 spiro atoms. The highest BCUT2D eigenvalue weighted by molar-refractivity contribution is 6.13. The maximum Gasteiger partial charge on any atom is 0.160 e. The number of aromatic nitrogens is 2. The minimum Gasteiger partial charge on any atom is -0.456 e. The number of furan rings is 1. The lowest BCUT2D eigenvalue weighted by Crippen LogP contribution is -1.96. The lowest BCUT2D eigenvalue weighted by molar-refractivity contribution is 0.669. The molecule has 3 heteroatoms. The fourth-order valence-electron chi connectivity index (χ4n) is 5.02. The van der Waals surface area contributed by atoms with Crippen molar-refractivity contribution >= 4 is 21.9 Å². The summed E-state index contributed by atoms with van der Waals surface area (Å²) in [5.74, 6) is 0.701. The van der Waals surface area contributed by atoms with Crippen LogP contribution in [0.5, 0.6) is 0 Å². The molecule has 0 radical (unpaired) electrons. The van der Waals surface area contributed by atoms with Crippen LogP contribution in [0.4, 0.5) is 0 Å². The number of fused-ring (bicyclic) bond motifs is 3. The number of rotatable bonds is 4. The van der Waals surface area contributed by atoms with Gasteiger partial charge in [-0.25, -0.2) is 9.97 Å². The molecule has 38 heavy (non-hydrogen) atoms. The Bertz CT molecular complexity index is 1850. The molecule has 3 nitrogen and oxygen atoms in total. The van der Waals surface area contributed by atoms with Crippen molar-refractivity contribution in [3.05, 3.63) is 133 Å². The monoisotopic (exact) mass is 488 g/mol. The maximum absolute atomic E-state index is 6.31. The smallest absolute Gasteiger partial charge is 0.160 e. The molecule has 0 aliphatic carbocycles. The lowest BCUT2D eigenvalue weighted by atomic mass is 9.98. The lowest BCUT2D eigenvalue weighted by Gasteiger charge is -2.10. The van der Waals surface area contributed by atoms with Gasteiger partial charge in [0, 0.05) is 27.5 Å². The molecule has 180 valence electrons. The van der Waals surface area contributed by atoms with Gasteiger partial charge in [-0.3, -0.25) is 0 Å². The Labute approximate surface area is 221 Å². The van der Waals surface area contributed by atoms with E-state index >= 15 is 0 Å². The van der Waals surface area contributed by atoms with Gasteiger partial charge in [0.1, 0.15) is 11.2 Å². The van der Waals surface area contributed by atoms with Crippen LogP contribution in [0.25, 0.3) is 67.0 Å². The fraction of sp³-hybridized carbons (Fsp3) is 0.0286. The first-order chi connectivity index (χ1) is 18.7. The summed E-state index contributed by atoms with van der Waals surface area (Å²) in [6.45, 7) is 2.11. The Kier molecular flexibility index (Phi) is 5.33. The molecule has 0 N–H and O–H groups in total. The zero-order valence-corrected chi connectivity index (χ0v) is 20.9. The number of aryl methyl sites for hydroxylation is 1. The van der Waals surface area contributed by atoms with Crippen molar-refractivity contribution in [2.45, 2.75) is 6.92 Å². The summed E-state index contributed by atoms with van der Waals surface area (Å²) in [5.41, 5.74) is 10.1. The molecule has 0 fully saturated rings. The van der Waals surface area contributed by atoms with Gasteiger partial charge in [-0.15, -0.1) is 0 Å². The van der Waals surface area contributed by atoms with E-state index in [-0.39, 0.29) is 0 Å². The molecular formula is C35H24N2O. The van der Waals surface area contributed by atoms with Gasteiger partial charge in [0.25, 0.3) is 0 Å². The third-order valence-corrected chi connectivity index (χ3v) is 6.98. The molecule has 2 aromatic heterocycles. The van der Waals surface area contributed by atoms with Gasteiger partial charge in [0.05, 0.1) is 11.4 Å². The quantitative estimate of drug-likeness (QED) is 0.248. The summed E-state index contributed by atoms with van der Waals surface area (Å²) < 4.78 is 6.31. The van der Waals surface area contributed by atoms with Crippen LogP contribution in [0.1, 0.15) is 5.56 Å². The van der Waals surface area contributed by atoms with Crippen LogP contribution in [0.2, 0.25) is 0 Å². The summed E-state index contributed by atoms with van der Waals surface area (Å²) in [6.07, 6.45) is 0. The van der Waals surface area contributed by atoms with E-state index in [0.717, 1.165) is 55.6 Å². The van der Waals surface area contributed by atoms with Crippen LogP contribution in [0.15, 0.2) is 132 Å². The van der Waals surface area contributed by atoms with Gasteiger partial charge in [-0.05, 0) is 42.3 Å². The third kappa shape index (κ3) is 3.95. The predicted molar refractivity (Wildman–Crippen MR) is 156 cm³/mol. The predicted octanol–water partition coefficient (Wildman–Crippen LogP) is 9.35. The highest BCUT2D eigenvalue weighted by Crippen LogP contribution is 2.39. The van der Waals surface area contributed by atoms with Crippen molar-refractivity contribution in [1.29, 1.82) is 0 Å². The standard InChI is InChI=1S/C35H24N2O/c1-23-15-17-24(18-16-23)27-19-20-32-29(21-27)34-28(13-8-14-33(34)38-32)31-22-30(25-9-4-2-5-10-25)36-35(37-31)26-11-6-3-7-12-26/h2-22H,1H3. The van der Waals surface area contributed by atoms with Crippen LogP contribution >= 0.6 is 0 Å². The first-order valence-electron chi connectivity index (χ1n) is 12.8. The van der Waals surface area contributed by atoms with E-state index in [4.69, 9.17) is 14.4 Å². The van der Waals surface area contributed by atoms with Crippen molar-refractivity contribution in [3.63, 3.8) is 0 Å². The zero-order valence-electron chi connectivity index (χ0n) is 20.9. The molecule has 0 unspecified atom stereocenters. The Morgan fingerprint density at radius 2 is 1.18 bits per heavy atom. The van der Waals surface area contributed by atoms with Gasteiger partial charge in [-0.2, -0.15) is 0 Å². The zero-order chi connectivity index (χ0) is 25.5. The van der Waals surface area contributed by atoms with Crippen molar-refractivity contribution in [2.24, 2.45) is 0 Å². The molecule has 5 aromatic carbocycles. The van der Waals surface area contributed by atoms with Crippen molar-refractivity contribution in [1.82, 2.24) is 9.97 Å². The van der Waals surface area contributed by atoms with E-state index in [2.05, 4.69) is 85.8 Å². The van der Waals surface area contributed by atoms with Crippen LogP contribution in [0.3, 0.4) is 0 Å². The van der Waals surface area contributed by atoms with Crippen LogP contribution in [0, 0.1) is 6.92 Å². The van der Waals surface area contributed by atoms with Gasteiger partial charge in [-0.1, -0.05) is 109 Å². The van der Waals surface area contributed by atoms with E-state index in [1.54, 1.807) is 0 Å². The van der Waals surface area contributed by atoms with E-state index in [1.165, 1.54) is 11.1 Å². The number of hydrogen-bond donors (Lipinski definition) is 0. The van der Waals surface area contributed by atoms with E-state index in [0.29, 0.717) is 5.82 Å². The molecule has 0 atom stereocenters. The fourth-order valence-corrected chi connectivity index (χ4v) is 5.02. The number of nitrogens with zero attached hydrogens (tertiary/aromatic N) is 2. The molecule has 0 aliphatic rings. The summed E-state index contributed by atoms with van der Waals surface area (Å²) in [4.78, 5) is 10.0. The van der Waals surface area contributed by atoms with Gasteiger partial charge in [0.2, 0.25) is 0 Å². The average molecular weight is 489 g/mol. The Balaban J connectivity index is 1.48. The van der Waals surface area contributed by atoms with Crippen molar-refractivity contribution in [3.8, 4) is 45.0 Å². The van der Waals surface area contributed by atoms with Crippen molar-refractivity contribution in [2.75, 3.05) is 0 Å². The normalized spacial score (nSPS) is 11.3. The summed E-state index contributed by atoms with van der Waals surface area (Å²) in [5, 5.41) is 2.14. The second-order valence-electron chi connectivity index (χ2n) is 9.55. The molecule has 0 bridgehead atoms. The molecule has 0 amide bonds. The molecule has 0 saturated carbocycles. The average Bonchev–Trinajstić information content (AvgIpc) is 3.36. The maximum atomic E-state index is 6.31. The highest BCUT2D eigenvalue weighted by atomic mass is 16.3. The summed E-state index contributed by atoms with van der Waals surface area (Å²) in [7, 11) is 0. The minimum absolute atomic E-state index is 0.701. The van der Waals surface area contributed by atoms with Gasteiger partial charge >= 0.3 is 0 Å². The van der Waals surface area contributed by atoms with Gasteiger partial charge < -0.3 is 4.42 Å². The molecule has 7 rings (SSSR count). The Morgan fingerprint density at radius 1 is 0.500 bits per heavy atom. The van der Waals surface area contributed by atoms with Crippen LogP contribution in [-0.4, -0.2) is 9.97 Å². The SMILES string of the molecule is Cc1ccc(-c2ccc3oc4cccc(-c5cc(-c6ccccc6)nc(-c6ccccc6)n5)c4c3c2)cc1. The molecule has 0 saturated heterocycles. The summed E-state index contributed by atoms with van der Waals surface area (Å²) in [6, 6.07) is 43.7. The van der Waals surface area contributed by atoms with Crippen LogP contribution < -0.4 is 0 Å². The molecule has 2 heterocycles. The van der Waals surface area contributed by atoms with Crippen LogP contribution in [-0.2, 0) is 0 Å². The second kappa shape index (κ2) is 9.13. The molecule has 0 aliphatic heterocycles. The third-order valence-electron chi connectivity index (χ3n) is 6.98. The Hall–Kier alpha value is -5.02. The first-order valence-corrected chi connectivity index (χ1v) is 12.8. The number of benzene rings is 5. The second-order valence-corrected chi connectivity index (χ2v) is 9.55. The highest BCUT2D eigenvalue weighted by Gasteiger charge is 2.17. The first kappa shape index (κ1) is 22.2. The Morgan fingerprint density at radius 3 is 1.95 bits per heavy atom. The summed E-state index contributed by atoms with van der Waals surface area (Å²) >= 11 is 0. The number of hydrogen-bond acceptors (Lipinski definition) is 3. The molecule has 7 aromatic rings. The van der Waals surface area contributed by atoms with Crippen molar-refractivity contribution < 1.29 is 4.42 Å². The molecular weight excluding hydrogens is 464 g/mol. The van der Waals surface area contributed by atoms with E-state index in [1.807, 2.05) is 48.5 Å². The minimum atomic E-state index is 0.701. The van der Waals surface area contributed by atoms with Gasteiger partial charge in [0.15, 0.2) is 5.82 Å². The largest absolute Gasteiger partial charge is 0.456 e.